The van der Waals surface area contributed by atoms with Crippen molar-refractivity contribution in [3.63, 3.8) is 0 Å². The maximum Gasteiger partial charge on any atom is 0.316 e. The summed E-state index contributed by atoms with van der Waals surface area (Å²) >= 11 is 0. The van der Waals surface area contributed by atoms with Gasteiger partial charge >= 0.3 is 5.97 Å². The van der Waals surface area contributed by atoms with E-state index in [9.17, 15) is 15.2 Å². The van der Waals surface area contributed by atoms with Crippen molar-refractivity contribution in [3.05, 3.63) is 23.8 Å². The van der Waals surface area contributed by atoms with Crippen LogP contribution in [0.1, 0.15) is 59.8 Å². The number of allylic oxidation sites excluding steroid dienone is 2. The molecule has 7 atom stereocenters. The van der Waals surface area contributed by atoms with Gasteiger partial charge in [-0.05, 0) is 55.3 Å². The zero-order valence-corrected chi connectivity index (χ0v) is 18.3. The molecule has 0 saturated heterocycles. The number of aliphatic carboxylic acids is 1. The highest BCUT2D eigenvalue weighted by Gasteiger charge is 2.84. The molecule has 0 heterocycles. The second kappa shape index (κ2) is 6.98. The van der Waals surface area contributed by atoms with Crippen molar-refractivity contribution >= 4 is 5.97 Å². The van der Waals surface area contributed by atoms with E-state index in [4.69, 9.17) is 4.74 Å². The van der Waals surface area contributed by atoms with Gasteiger partial charge in [0.2, 0.25) is 0 Å². The molecule has 0 aromatic rings. The molecule has 3 fully saturated rings. The zero-order valence-electron chi connectivity index (χ0n) is 18.3. The molecule has 0 aliphatic heterocycles. The average Bonchev–Trinajstić information content (AvgIpc) is 3.25. The predicted molar refractivity (Wildman–Crippen MR) is 112 cm³/mol. The molecule has 4 heteroatoms. The van der Waals surface area contributed by atoms with Gasteiger partial charge in [-0.25, -0.2) is 0 Å². The lowest BCUT2D eigenvalue weighted by molar-refractivity contribution is -0.178. The number of rotatable bonds is 7. The number of fused-ring (bicyclic) bond motifs is 2. The minimum Gasteiger partial charge on any atom is -0.481 e. The van der Waals surface area contributed by atoms with Crippen LogP contribution >= 0.6 is 0 Å². The van der Waals surface area contributed by atoms with Crippen molar-refractivity contribution in [2.45, 2.75) is 59.8 Å². The minimum atomic E-state index is -1.10. The maximum atomic E-state index is 13.2. The lowest BCUT2D eigenvalue weighted by Crippen LogP contribution is -2.62. The van der Waals surface area contributed by atoms with Crippen LogP contribution in [0.4, 0.5) is 0 Å². The van der Waals surface area contributed by atoms with Crippen molar-refractivity contribution in [1.82, 2.24) is 0 Å². The van der Waals surface area contributed by atoms with E-state index in [1.54, 1.807) is 0 Å². The van der Waals surface area contributed by atoms with E-state index in [0.29, 0.717) is 31.5 Å². The Morgan fingerprint density at radius 3 is 2.76 bits per heavy atom. The van der Waals surface area contributed by atoms with E-state index in [0.717, 1.165) is 31.3 Å². The fourth-order valence-corrected chi connectivity index (χ4v) is 8.08. The molecule has 29 heavy (non-hydrogen) atoms. The third-order valence-electron chi connectivity index (χ3n) is 9.01. The topological polar surface area (TPSA) is 70.3 Å². The first-order valence-electron chi connectivity index (χ1n) is 11.4. The smallest absolute Gasteiger partial charge is 0.316 e. The van der Waals surface area contributed by atoms with E-state index in [1.807, 2.05) is 6.08 Å². The minimum absolute atomic E-state index is 0.124. The van der Waals surface area contributed by atoms with Crippen molar-refractivity contribution in [1.29, 1.82) is 5.26 Å². The number of nitriles is 1. The zero-order chi connectivity index (χ0) is 21.0. The third-order valence-corrected chi connectivity index (χ3v) is 9.01. The molecular formula is C25H35NO3. The Labute approximate surface area is 175 Å². The number of nitrogens with zero attached hydrogens (tertiary/aromatic N) is 1. The average molecular weight is 398 g/mol. The van der Waals surface area contributed by atoms with Crippen LogP contribution in [0.3, 0.4) is 0 Å². The highest BCUT2D eigenvalue weighted by atomic mass is 16.5. The Kier molecular flexibility index (Phi) is 4.97. The molecule has 4 aliphatic carbocycles. The molecule has 0 aromatic carbocycles. The monoisotopic (exact) mass is 397 g/mol. The standard InChI is InChI=1S/C25H35NO3/c1-5-6-7-10-29-15-24-13-19-17(4)8-9-20(19)23(14-26)12-18(24)11-21(16(2)3)25(23,24)22(27)28/h6-7,11,16-20H,5,8-10,12-13,15H2,1-4H3,(H,27,28)/t17-,18+,19-,20-,23+,24+,25+/m0/s1. The summed E-state index contributed by atoms with van der Waals surface area (Å²) in [5.74, 6) is 0.645. The van der Waals surface area contributed by atoms with Crippen LogP contribution < -0.4 is 0 Å². The van der Waals surface area contributed by atoms with Crippen LogP contribution in [0.5, 0.6) is 0 Å². The fourth-order valence-electron chi connectivity index (χ4n) is 8.08. The van der Waals surface area contributed by atoms with Crippen molar-refractivity contribution in [3.8, 4) is 6.07 Å². The summed E-state index contributed by atoms with van der Waals surface area (Å²) in [5.41, 5.74) is -1.40. The van der Waals surface area contributed by atoms with Crippen LogP contribution in [0, 0.1) is 57.2 Å². The Morgan fingerprint density at radius 1 is 1.38 bits per heavy atom. The van der Waals surface area contributed by atoms with Crippen LogP contribution in [-0.4, -0.2) is 24.3 Å². The van der Waals surface area contributed by atoms with E-state index < -0.39 is 22.2 Å². The number of ether oxygens (including phenoxy) is 1. The third kappa shape index (κ3) is 2.31. The Morgan fingerprint density at radius 2 is 2.14 bits per heavy atom. The lowest BCUT2D eigenvalue weighted by Gasteiger charge is -2.57. The van der Waals surface area contributed by atoms with Gasteiger partial charge in [0.1, 0.15) is 5.41 Å². The molecule has 1 N–H and O–H groups in total. The van der Waals surface area contributed by atoms with Gasteiger partial charge in [0, 0.05) is 5.41 Å². The molecule has 3 saturated carbocycles. The van der Waals surface area contributed by atoms with E-state index in [2.05, 4.69) is 45.9 Å². The number of carbonyl (C=O) groups is 1. The summed E-state index contributed by atoms with van der Waals surface area (Å²) < 4.78 is 6.16. The predicted octanol–water partition coefficient (Wildman–Crippen LogP) is 5.22. The van der Waals surface area contributed by atoms with Gasteiger partial charge in [-0.1, -0.05) is 57.9 Å². The largest absolute Gasteiger partial charge is 0.481 e. The van der Waals surface area contributed by atoms with Crippen molar-refractivity contribution < 1.29 is 14.6 Å². The first-order valence-corrected chi connectivity index (χ1v) is 11.4. The van der Waals surface area contributed by atoms with E-state index in [1.165, 1.54) is 0 Å². The molecule has 0 amide bonds. The molecule has 4 rings (SSSR count). The molecule has 0 spiro atoms. The molecule has 0 aromatic heterocycles. The lowest BCUT2D eigenvalue weighted by atomic mass is 9.43. The van der Waals surface area contributed by atoms with Gasteiger partial charge in [-0.2, -0.15) is 5.26 Å². The summed E-state index contributed by atoms with van der Waals surface area (Å²) in [6, 6.07) is 2.68. The quantitative estimate of drug-likeness (QED) is 0.472. The second-order valence-corrected chi connectivity index (χ2v) is 10.3. The number of carboxylic acid groups (broad SMARTS) is 1. The van der Waals surface area contributed by atoms with Crippen LogP contribution in [-0.2, 0) is 9.53 Å². The maximum absolute atomic E-state index is 13.2. The summed E-state index contributed by atoms with van der Waals surface area (Å²) in [6.07, 6.45) is 11.0. The molecule has 0 radical (unpaired) electrons. The summed E-state index contributed by atoms with van der Waals surface area (Å²) in [4.78, 5) is 13.2. The fraction of sp³-hybridized carbons (Fsp3) is 0.760. The first-order chi connectivity index (χ1) is 13.8. The van der Waals surface area contributed by atoms with Gasteiger partial charge in [0.25, 0.3) is 0 Å². The van der Waals surface area contributed by atoms with Gasteiger partial charge < -0.3 is 9.84 Å². The number of hydrogen-bond donors (Lipinski definition) is 1. The molecule has 4 nitrogen and oxygen atoms in total. The molecule has 158 valence electrons. The van der Waals surface area contributed by atoms with E-state index >= 15 is 0 Å². The highest BCUT2D eigenvalue weighted by Crippen LogP contribution is 2.83. The number of carboxylic acids is 1. The van der Waals surface area contributed by atoms with Gasteiger partial charge in [-0.3, -0.25) is 4.79 Å². The van der Waals surface area contributed by atoms with Crippen LogP contribution in [0.2, 0.25) is 0 Å². The van der Waals surface area contributed by atoms with Crippen LogP contribution in [0.25, 0.3) is 0 Å². The van der Waals surface area contributed by atoms with Crippen molar-refractivity contribution in [2.24, 2.45) is 45.8 Å². The summed E-state index contributed by atoms with van der Waals surface area (Å²) in [7, 11) is 0. The number of hydrogen-bond acceptors (Lipinski definition) is 3. The van der Waals surface area contributed by atoms with Gasteiger partial charge in [0.05, 0.1) is 24.7 Å². The normalized spacial score (nSPS) is 44.9. The molecule has 0 unspecified atom stereocenters. The summed E-state index contributed by atoms with van der Waals surface area (Å²) in [6.45, 7) is 9.51. The first kappa shape index (κ1) is 20.7. The highest BCUT2D eigenvalue weighted by molar-refractivity contribution is 5.85. The molecule has 4 aliphatic rings. The van der Waals surface area contributed by atoms with Gasteiger partial charge in [-0.15, -0.1) is 0 Å². The molecular weight excluding hydrogens is 362 g/mol. The Bertz CT molecular complexity index is 792. The SMILES string of the molecule is CCC=CCOC[C@]12C[C@H]3[C@@H](C)CC[C@@H]3[C@]3(C#N)C[C@H]1C=C(C(C)C)[C@]23C(=O)O. The van der Waals surface area contributed by atoms with Gasteiger partial charge in [0.15, 0.2) is 0 Å². The summed E-state index contributed by atoms with van der Waals surface area (Å²) in [5, 5.41) is 21.4. The molecule has 4 bridgehead atoms. The van der Waals surface area contributed by atoms with E-state index in [-0.39, 0.29) is 17.8 Å². The van der Waals surface area contributed by atoms with Crippen molar-refractivity contribution in [2.75, 3.05) is 13.2 Å². The Balaban J connectivity index is 1.85. The Hall–Kier alpha value is -1.60. The second-order valence-electron chi connectivity index (χ2n) is 10.3. The van der Waals surface area contributed by atoms with Crippen LogP contribution in [0.15, 0.2) is 23.8 Å².